The lowest BCUT2D eigenvalue weighted by atomic mass is 9.85. The summed E-state index contributed by atoms with van der Waals surface area (Å²) in [5, 5.41) is 9.27. The fourth-order valence-electron chi connectivity index (χ4n) is 9.22. The minimum Gasteiger partial charge on any atom is -0.457 e. The topological polar surface area (TPSA) is 214 Å². The number of likely N-dealkylation sites (N-methyl/N-ethyl adjacent to an activating group) is 3. The first-order valence-electron chi connectivity index (χ1n) is 24.1. The Morgan fingerprint density at radius 2 is 1.62 bits per heavy atom. The fraction of sp³-hybridized carbons (Fsp3) is 0.600. The maximum absolute atomic E-state index is 14.3. The van der Waals surface area contributed by atoms with Gasteiger partial charge >= 0.3 is 18.0 Å². The van der Waals surface area contributed by atoms with Gasteiger partial charge in [0.2, 0.25) is 23.3 Å². The number of likely N-dealkylation sites (tertiary alicyclic amines) is 1. The molecule has 3 N–H and O–H groups in total. The molecule has 0 saturated carbocycles. The molecule has 0 radical (unpaired) electrons. The number of carbonyl (C=O) groups is 6. The van der Waals surface area contributed by atoms with Gasteiger partial charge in [0.25, 0.3) is 5.56 Å². The highest BCUT2D eigenvalue weighted by Crippen LogP contribution is 2.42. The van der Waals surface area contributed by atoms with E-state index in [1.54, 1.807) is 31.4 Å². The standard InChI is InChI=1S/C50H71N9O10/c1-11-32-33-16-13-14-17-37(33)53-43-34(32)28-59-39(43)26-36-35(45(59)63)30-67-47(65)50(36,12-2)68-46(64)42(31(3)4)54-44(62)38-18-15-20-58(38)41(61)27-52-40(60)29-57(10)25-24-56(9)23-22-55(8)21-19-51-48(66)69-49(5,6)7/h13-14,16-17,26,31,38,42H,11-12,15,18-25,27-30H2,1-10H3,(H,51,66)(H,52,60)(H,54,62)/t38-,42-,50-/m0/s1. The molecule has 4 amide bonds. The Labute approximate surface area is 404 Å². The van der Waals surface area contributed by atoms with Crippen molar-refractivity contribution >= 4 is 46.7 Å². The summed E-state index contributed by atoms with van der Waals surface area (Å²) >= 11 is 0. The van der Waals surface area contributed by atoms with Crippen LogP contribution < -0.4 is 21.5 Å². The minimum absolute atomic E-state index is 0.0507. The highest BCUT2D eigenvalue weighted by molar-refractivity contribution is 5.94. The molecule has 69 heavy (non-hydrogen) atoms. The number of ether oxygens (including phenoxy) is 3. The molecule has 0 spiro atoms. The Morgan fingerprint density at radius 1 is 0.942 bits per heavy atom. The second kappa shape index (κ2) is 22.2. The number of benzene rings is 1. The van der Waals surface area contributed by atoms with Crippen LogP contribution in [-0.4, -0.2) is 163 Å². The predicted molar refractivity (Wildman–Crippen MR) is 259 cm³/mol. The first-order valence-corrected chi connectivity index (χ1v) is 24.1. The lowest BCUT2D eigenvalue weighted by molar-refractivity contribution is -0.191. The Hall–Kier alpha value is -5.92. The largest absolute Gasteiger partial charge is 0.457 e. The van der Waals surface area contributed by atoms with E-state index in [1.807, 2.05) is 71.1 Å². The smallest absolute Gasteiger partial charge is 0.407 e. The van der Waals surface area contributed by atoms with E-state index < -0.39 is 59.0 Å². The molecule has 19 nitrogen and oxygen atoms in total. The van der Waals surface area contributed by atoms with Crippen LogP contribution in [-0.2, 0) is 63.4 Å². The van der Waals surface area contributed by atoms with Crippen molar-refractivity contribution in [3.8, 4) is 11.4 Å². The molecule has 1 saturated heterocycles. The zero-order chi connectivity index (χ0) is 50.4. The summed E-state index contributed by atoms with van der Waals surface area (Å²) in [4.78, 5) is 107. The SMILES string of the molecule is CCc1c2c(nc3ccccc13)-c1cc3c(c(=O)n1C2)COC(=O)[C@@]3(CC)OC(=O)[C@@H](NC(=O)[C@@H]1CCCN1C(=O)CNC(=O)CN(C)CCN(C)CCN(C)CCNC(=O)OC(C)(C)C)C(C)C. The van der Waals surface area contributed by atoms with Gasteiger partial charge in [-0.3, -0.25) is 24.1 Å². The second-order valence-corrected chi connectivity index (χ2v) is 19.8. The number of hydrogen-bond donors (Lipinski definition) is 3. The van der Waals surface area contributed by atoms with Gasteiger partial charge in [-0.15, -0.1) is 0 Å². The molecule has 3 aliphatic rings. The van der Waals surface area contributed by atoms with Gasteiger partial charge in [0.15, 0.2) is 0 Å². The van der Waals surface area contributed by atoms with Crippen LogP contribution >= 0.6 is 0 Å². The third-order valence-corrected chi connectivity index (χ3v) is 13.1. The third kappa shape index (κ3) is 12.1. The molecule has 3 atom stereocenters. The molecule has 6 rings (SSSR count). The first kappa shape index (κ1) is 52.5. The van der Waals surface area contributed by atoms with Crippen LogP contribution in [0.15, 0.2) is 35.1 Å². The number of alkyl carbamates (subject to hydrolysis) is 1. The monoisotopic (exact) mass is 958 g/mol. The number of nitrogens with zero attached hydrogens (tertiary/aromatic N) is 6. The van der Waals surface area contributed by atoms with Crippen molar-refractivity contribution in [1.29, 1.82) is 0 Å². The predicted octanol–water partition coefficient (Wildman–Crippen LogP) is 2.76. The van der Waals surface area contributed by atoms with E-state index in [1.165, 1.54) is 4.90 Å². The Morgan fingerprint density at radius 3 is 2.29 bits per heavy atom. The summed E-state index contributed by atoms with van der Waals surface area (Å²) in [6.07, 6.45) is 1.11. The molecule has 3 aliphatic heterocycles. The van der Waals surface area contributed by atoms with E-state index in [-0.39, 0.29) is 48.7 Å². The third-order valence-electron chi connectivity index (χ3n) is 13.1. The molecule has 2 aromatic heterocycles. The van der Waals surface area contributed by atoms with E-state index in [2.05, 4.69) is 32.7 Å². The lowest BCUT2D eigenvalue weighted by Crippen LogP contribution is -2.56. The van der Waals surface area contributed by atoms with Crippen molar-refractivity contribution in [3.63, 3.8) is 0 Å². The molecule has 3 aromatic rings. The Kier molecular flexibility index (Phi) is 16.9. The van der Waals surface area contributed by atoms with Gasteiger partial charge in [0.1, 0.15) is 24.3 Å². The van der Waals surface area contributed by atoms with Crippen LogP contribution in [0.1, 0.15) is 90.0 Å². The molecule has 5 heterocycles. The maximum Gasteiger partial charge on any atom is 0.407 e. The zero-order valence-electron chi connectivity index (χ0n) is 42.0. The Balaban J connectivity index is 1.02. The number of fused-ring (bicyclic) bond motifs is 5. The van der Waals surface area contributed by atoms with Gasteiger partial charge in [-0.1, -0.05) is 45.9 Å². The van der Waals surface area contributed by atoms with Crippen molar-refractivity contribution in [2.75, 3.05) is 80.0 Å². The van der Waals surface area contributed by atoms with Gasteiger partial charge < -0.3 is 49.4 Å². The number of carbonyl (C=O) groups excluding carboxylic acids is 6. The first-order chi connectivity index (χ1) is 32.7. The van der Waals surface area contributed by atoms with E-state index in [0.717, 1.165) is 41.5 Å². The summed E-state index contributed by atoms with van der Waals surface area (Å²) in [5.41, 5.74) is 1.49. The van der Waals surface area contributed by atoms with Crippen LogP contribution in [0.25, 0.3) is 22.3 Å². The summed E-state index contributed by atoms with van der Waals surface area (Å²) in [6, 6.07) is 7.41. The van der Waals surface area contributed by atoms with E-state index >= 15 is 0 Å². The number of amides is 4. The number of nitrogens with one attached hydrogen (secondary N) is 3. The highest BCUT2D eigenvalue weighted by Gasteiger charge is 2.52. The lowest BCUT2D eigenvalue weighted by Gasteiger charge is -2.37. The molecule has 0 bridgehead atoms. The molecular formula is C50H71N9O10. The fourth-order valence-corrected chi connectivity index (χ4v) is 9.22. The summed E-state index contributed by atoms with van der Waals surface area (Å²) in [7, 11) is 5.80. The van der Waals surface area contributed by atoms with Crippen molar-refractivity contribution < 1.29 is 43.0 Å². The van der Waals surface area contributed by atoms with Crippen LogP contribution in [0.2, 0.25) is 0 Å². The van der Waals surface area contributed by atoms with E-state index in [9.17, 15) is 33.6 Å². The van der Waals surface area contributed by atoms with E-state index in [0.29, 0.717) is 63.5 Å². The summed E-state index contributed by atoms with van der Waals surface area (Å²) in [6.45, 7) is 16.7. The number of aromatic nitrogens is 2. The van der Waals surface area contributed by atoms with Gasteiger partial charge in [-0.25, -0.2) is 19.4 Å². The Bertz CT molecular complexity index is 2480. The number of pyridine rings is 2. The van der Waals surface area contributed by atoms with Crippen LogP contribution in [0.4, 0.5) is 4.79 Å². The molecule has 376 valence electrons. The molecule has 0 aliphatic carbocycles. The molecule has 0 unspecified atom stereocenters. The van der Waals surface area contributed by atoms with Gasteiger partial charge in [-0.2, -0.15) is 0 Å². The number of rotatable bonds is 20. The van der Waals surface area contributed by atoms with Gasteiger partial charge in [-0.05, 0) is 91.2 Å². The van der Waals surface area contributed by atoms with Crippen molar-refractivity contribution in [2.24, 2.45) is 5.92 Å². The molecule has 1 fully saturated rings. The maximum atomic E-state index is 14.3. The van der Waals surface area contributed by atoms with Crippen molar-refractivity contribution in [2.45, 2.75) is 111 Å². The number of aryl methyl sites for hydroxylation is 1. The van der Waals surface area contributed by atoms with Crippen molar-refractivity contribution in [1.82, 2.24) is 45.1 Å². The number of para-hydroxylation sites is 1. The van der Waals surface area contributed by atoms with Crippen molar-refractivity contribution in [3.05, 3.63) is 62.9 Å². The van der Waals surface area contributed by atoms with Crippen LogP contribution in [0.5, 0.6) is 0 Å². The molecule has 1 aromatic carbocycles. The van der Waals surface area contributed by atoms with Crippen LogP contribution in [0.3, 0.4) is 0 Å². The molecule has 19 heteroatoms. The summed E-state index contributed by atoms with van der Waals surface area (Å²) in [5.74, 6) is -3.55. The number of esters is 2. The minimum atomic E-state index is -1.98. The van der Waals surface area contributed by atoms with E-state index in [4.69, 9.17) is 19.2 Å². The molecular weight excluding hydrogens is 887 g/mol. The normalized spacial score (nSPS) is 18.0. The summed E-state index contributed by atoms with van der Waals surface area (Å²) < 4.78 is 18.7. The highest BCUT2D eigenvalue weighted by atomic mass is 16.6. The quantitative estimate of drug-likeness (QED) is 0.0859. The average Bonchev–Trinajstić information content (AvgIpc) is 3.94. The number of cyclic esters (lactones) is 1. The number of hydrogen-bond acceptors (Lipinski definition) is 14. The second-order valence-electron chi connectivity index (χ2n) is 19.8. The van der Waals surface area contributed by atoms with Crippen LogP contribution in [0, 0.1) is 5.92 Å². The average molecular weight is 958 g/mol. The van der Waals surface area contributed by atoms with Gasteiger partial charge in [0.05, 0.1) is 42.1 Å². The van der Waals surface area contributed by atoms with Gasteiger partial charge in [0, 0.05) is 62.3 Å². The zero-order valence-corrected chi connectivity index (χ0v) is 42.0.